The standard InChI is InChI=1S/C19H23NO3/c1-19(2,3)20-18(21)15-10-11-16(17(12-15)22-4)23-13-14-8-6-5-7-9-14/h5-12H,13H2,1-4H3,(H,20,21). The minimum atomic E-state index is -0.285. The van der Waals surface area contributed by atoms with Gasteiger partial charge in [0, 0.05) is 11.1 Å². The van der Waals surface area contributed by atoms with Crippen LogP contribution in [-0.2, 0) is 6.61 Å². The van der Waals surface area contributed by atoms with E-state index in [1.54, 1.807) is 25.3 Å². The van der Waals surface area contributed by atoms with Gasteiger partial charge in [-0.15, -0.1) is 0 Å². The molecule has 0 aromatic heterocycles. The summed E-state index contributed by atoms with van der Waals surface area (Å²) in [7, 11) is 1.57. The number of methoxy groups -OCH3 is 1. The molecule has 122 valence electrons. The Hall–Kier alpha value is -2.49. The van der Waals surface area contributed by atoms with Crippen molar-refractivity contribution >= 4 is 5.91 Å². The first kappa shape index (κ1) is 16.9. The lowest BCUT2D eigenvalue weighted by Crippen LogP contribution is -2.40. The van der Waals surface area contributed by atoms with Crippen LogP contribution in [0.1, 0.15) is 36.7 Å². The molecule has 0 radical (unpaired) electrons. The Kier molecular flexibility index (Phi) is 5.27. The molecule has 1 amide bonds. The van der Waals surface area contributed by atoms with Crippen molar-refractivity contribution in [1.29, 1.82) is 0 Å². The number of nitrogens with one attached hydrogen (secondary N) is 1. The number of rotatable bonds is 5. The Morgan fingerprint density at radius 2 is 1.74 bits per heavy atom. The fourth-order valence-electron chi connectivity index (χ4n) is 2.08. The molecule has 4 nitrogen and oxygen atoms in total. The lowest BCUT2D eigenvalue weighted by molar-refractivity contribution is 0.0919. The highest BCUT2D eigenvalue weighted by molar-refractivity contribution is 5.95. The minimum absolute atomic E-state index is 0.134. The summed E-state index contributed by atoms with van der Waals surface area (Å²) in [5, 5.41) is 2.93. The SMILES string of the molecule is COc1cc(C(=O)NC(C)(C)C)ccc1OCc1ccccc1. The van der Waals surface area contributed by atoms with Crippen LogP contribution in [-0.4, -0.2) is 18.6 Å². The zero-order valence-electron chi connectivity index (χ0n) is 14.1. The Labute approximate surface area is 137 Å². The highest BCUT2D eigenvalue weighted by Gasteiger charge is 2.17. The van der Waals surface area contributed by atoms with Gasteiger partial charge in [-0.1, -0.05) is 30.3 Å². The number of carbonyl (C=O) groups is 1. The van der Waals surface area contributed by atoms with Gasteiger partial charge < -0.3 is 14.8 Å². The molecule has 23 heavy (non-hydrogen) atoms. The van der Waals surface area contributed by atoms with Crippen LogP contribution in [0.15, 0.2) is 48.5 Å². The zero-order chi connectivity index (χ0) is 16.9. The van der Waals surface area contributed by atoms with E-state index < -0.39 is 0 Å². The first-order valence-electron chi connectivity index (χ1n) is 7.56. The number of hydrogen-bond donors (Lipinski definition) is 1. The summed E-state index contributed by atoms with van der Waals surface area (Å²) in [4.78, 5) is 12.2. The molecular formula is C19H23NO3. The second-order valence-corrected chi connectivity index (χ2v) is 6.34. The maximum atomic E-state index is 12.2. The van der Waals surface area contributed by atoms with E-state index in [9.17, 15) is 4.79 Å². The topological polar surface area (TPSA) is 47.6 Å². The van der Waals surface area contributed by atoms with E-state index >= 15 is 0 Å². The molecule has 2 aromatic rings. The molecule has 0 unspecified atom stereocenters. The van der Waals surface area contributed by atoms with Gasteiger partial charge >= 0.3 is 0 Å². The average molecular weight is 313 g/mol. The van der Waals surface area contributed by atoms with Crippen molar-refractivity contribution in [3.63, 3.8) is 0 Å². The lowest BCUT2D eigenvalue weighted by atomic mass is 10.1. The third-order valence-electron chi connectivity index (χ3n) is 3.15. The highest BCUT2D eigenvalue weighted by Crippen LogP contribution is 2.29. The van der Waals surface area contributed by atoms with E-state index in [-0.39, 0.29) is 11.4 Å². The minimum Gasteiger partial charge on any atom is -0.493 e. The van der Waals surface area contributed by atoms with Crippen molar-refractivity contribution in [1.82, 2.24) is 5.32 Å². The van der Waals surface area contributed by atoms with Crippen molar-refractivity contribution in [3.8, 4) is 11.5 Å². The third-order valence-corrected chi connectivity index (χ3v) is 3.15. The average Bonchev–Trinajstić information content (AvgIpc) is 2.52. The molecular weight excluding hydrogens is 290 g/mol. The fraction of sp³-hybridized carbons (Fsp3) is 0.316. The molecule has 4 heteroatoms. The van der Waals surface area contributed by atoms with Crippen LogP contribution in [0.5, 0.6) is 11.5 Å². The van der Waals surface area contributed by atoms with Gasteiger partial charge in [-0.2, -0.15) is 0 Å². The summed E-state index contributed by atoms with van der Waals surface area (Å²) in [5.74, 6) is 1.02. The molecule has 0 bridgehead atoms. The molecule has 0 saturated heterocycles. The van der Waals surface area contributed by atoms with E-state index in [1.807, 2.05) is 51.1 Å². The van der Waals surface area contributed by atoms with Crippen molar-refractivity contribution in [2.45, 2.75) is 32.9 Å². The number of amides is 1. The molecule has 1 N–H and O–H groups in total. The summed E-state index contributed by atoms with van der Waals surface area (Å²) in [6, 6.07) is 15.1. The highest BCUT2D eigenvalue weighted by atomic mass is 16.5. The normalized spacial score (nSPS) is 11.0. The van der Waals surface area contributed by atoms with Crippen LogP contribution in [0.2, 0.25) is 0 Å². The molecule has 0 aliphatic rings. The molecule has 0 aliphatic carbocycles. The summed E-state index contributed by atoms with van der Waals surface area (Å²) < 4.78 is 11.1. The second-order valence-electron chi connectivity index (χ2n) is 6.34. The summed E-state index contributed by atoms with van der Waals surface area (Å²) in [6.07, 6.45) is 0. The molecule has 0 heterocycles. The summed E-state index contributed by atoms with van der Waals surface area (Å²) in [5.41, 5.74) is 1.33. The van der Waals surface area contributed by atoms with Crippen molar-refractivity contribution in [3.05, 3.63) is 59.7 Å². The number of ether oxygens (including phenoxy) is 2. The maximum absolute atomic E-state index is 12.2. The summed E-state index contributed by atoms with van der Waals surface area (Å²) in [6.45, 7) is 6.28. The van der Waals surface area contributed by atoms with Crippen molar-refractivity contribution in [2.24, 2.45) is 0 Å². The zero-order valence-corrected chi connectivity index (χ0v) is 14.1. The predicted molar refractivity (Wildman–Crippen MR) is 91.0 cm³/mol. The number of benzene rings is 2. The molecule has 2 aromatic carbocycles. The fourth-order valence-corrected chi connectivity index (χ4v) is 2.08. The predicted octanol–water partition coefficient (Wildman–Crippen LogP) is 3.80. The second kappa shape index (κ2) is 7.18. The molecule has 0 fully saturated rings. The lowest BCUT2D eigenvalue weighted by Gasteiger charge is -2.21. The van der Waals surface area contributed by atoms with Crippen LogP contribution >= 0.6 is 0 Å². The smallest absolute Gasteiger partial charge is 0.251 e. The monoisotopic (exact) mass is 313 g/mol. The quantitative estimate of drug-likeness (QED) is 0.913. The van der Waals surface area contributed by atoms with Gasteiger partial charge in [0.1, 0.15) is 6.61 Å². The van der Waals surface area contributed by atoms with Crippen LogP contribution in [0.3, 0.4) is 0 Å². The van der Waals surface area contributed by atoms with Crippen LogP contribution in [0.4, 0.5) is 0 Å². The van der Waals surface area contributed by atoms with E-state index in [1.165, 1.54) is 0 Å². The molecule has 0 aliphatic heterocycles. The maximum Gasteiger partial charge on any atom is 0.251 e. The van der Waals surface area contributed by atoms with Gasteiger partial charge in [-0.3, -0.25) is 4.79 Å². The van der Waals surface area contributed by atoms with Gasteiger partial charge in [-0.05, 0) is 44.5 Å². The Balaban J connectivity index is 2.11. The molecule has 0 saturated carbocycles. The largest absolute Gasteiger partial charge is 0.493 e. The van der Waals surface area contributed by atoms with Gasteiger partial charge in [0.2, 0.25) is 0 Å². The number of carbonyl (C=O) groups excluding carboxylic acids is 1. The van der Waals surface area contributed by atoms with Gasteiger partial charge in [-0.25, -0.2) is 0 Å². The van der Waals surface area contributed by atoms with Gasteiger partial charge in [0.15, 0.2) is 11.5 Å². The molecule has 0 spiro atoms. The third kappa shape index (κ3) is 5.02. The van der Waals surface area contributed by atoms with Crippen LogP contribution in [0.25, 0.3) is 0 Å². The first-order chi connectivity index (χ1) is 10.9. The van der Waals surface area contributed by atoms with Gasteiger partial charge in [0.05, 0.1) is 7.11 Å². The summed E-state index contributed by atoms with van der Waals surface area (Å²) >= 11 is 0. The Bertz CT molecular complexity index is 660. The Morgan fingerprint density at radius 1 is 1.04 bits per heavy atom. The van der Waals surface area contributed by atoms with Crippen LogP contribution < -0.4 is 14.8 Å². The van der Waals surface area contributed by atoms with E-state index in [0.29, 0.717) is 23.7 Å². The molecule has 0 atom stereocenters. The van der Waals surface area contributed by atoms with Gasteiger partial charge in [0.25, 0.3) is 5.91 Å². The van der Waals surface area contributed by atoms with E-state index in [0.717, 1.165) is 5.56 Å². The number of hydrogen-bond acceptors (Lipinski definition) is 3. The van der Waals surface area contributed by atoms with Crippen molar-refractivity contribution < 1.29 is 14.3 Å². The van der Waals surface area contributed by atoms with E-state index in [4.69, 9.17) is 9.47 Å². The van der Waals surface area contributed by atoms with Crippen LogP contribution in [0, 0.1) is 0 Å². The van der Waals surface area contributed by atoms with Crippen molar-refractivity contribution in [2.75, 3.05) is 7.11 Å². The van der Waals surface area contributed by atoms with E-state index in [2.05, 4.69) is 5.32 Å². The Morgan fingerprint density at radius 3 is 2.35 bits per heavy atom. The molecule has 2 rings (SSSR count). The first-order valence-corrected chi connectivity index (χ1v) is 7.56.